The van der Waals surface area contributed by atoms with E-state index in [4.69, 9.17) is 10.3 Å². The van der Waals surface area contributed by atoms with Gasteiger partial charge < -0.3 is 5.73 Å². The molecule has 0 heterocycles. The van der Waals surface area contributed by atoms with Gasteiger partial charge in [0.15, 0.2) is 0 Å². The summed E-state index contributed by atoms with van der Waals surface area (Å²) < 4.78 is 59.1. The fraction of sp³-hybridized carbons (Fsp3) is 0. The Morgan fingerprint density at radius 2 is 1.32 bits per heavy atom. The van der Waals surface area contributed by atoms with Gasteiger partial charge in [-0.3, -0.25) is 9.27 Å². The van der Waals surface area contributed by atoms with E-state index in [9.17, 15) is 16.8 Å². The summed E-state index contributed by atoms with van der Waals surface area (Å²) in [6.07, 6.45) is 0. The third kappa shape index (κ3) is 7.03. The van der Waals surface area contributed by atoms with Gasteiger partial charge in [0, 0.05) is 12.8 Å². The molecule has 2 rings (SSSR count). The van der Waals surface area contributed by atoms with Crippen molar-refractivity contribution >= 4 is 76.7 Å². The smallest absolute Gasteiger partial charge is 0.397 e. The van der Waals surface area contributed by atoms with Gasteiger partial charge in [-0.2, -0.15) is 8.42 Å². The molecule has 0 spiro atoms. The molecule has 0 radical (unpaired) electrons. The summed E-state index contributed by atoms with van der Waals surface area (Å²) in [6, 6.07) is 7.56. The zero-order valence-electron chi connectivity index (χ0n) is 13.2. The van der Waals surface area contributed by atoms with Crippen LogP contribution in [0.25, 0.3) is 0 Å². The second-order valence-corrected chi connectivity index (χ2v) is 9.83. The first-order chi connectivity index (χ1) is 10.5. The Hall–Kier alpha value is 1.36. The summed E-state index contributed by atoms with van der Waals surface area (Å²) in [6.45, 7) is 0. The third-order valence-corrected chi connectivity index (χ3v) is 6.78. The number of nitrogen functional groups attached to an aromatic ring is 1. The van der Waals surface area contributed by atoms with Crippen molar-refractivity contribution in [1.29, 1.82) is 0 Å². The van der Waals surface area contributed by atoms with E-state index in [2.05, 4.69) is 4.72 Å². The number of nitrogens with one attached hydrogen (secondary N) is 1. The molecule has 0 aliphatic heterocycles. The van der Waals surface area contributed by atoms with Crippen LogP contribution in [0.15, 0.2) is 46.2 Å². The molecule has 0 bridgehead atoms. The third-order valence-electron chi connectivity index (χ3n) is 2.77. The zero-order chi connectivity index (χ0) is 17.4. The van der Waals surface area contributed by atoms with E-state index < -0.39 is 20.1 Å². The molecule has 7 nitrogen and oxygen atoms in total. The van der Waals surface area contributed by atoms with Crippen LogP contribution in [0, 0.1) is 7.14 Å². The Kier molecular flexibility index (Phi) is 10.8. The fourth-order valence-electron chi connectivity index (χ4n) is 1.63. The number of nitrogens with two attached hydrogens (primary N) is 1. The average Bonchev–Trinajstić information content (AvgIpc) is 2.43. The van der Waals surface area contributed by atoms with Gasteiger partial charge in [0.2, 0.25) is 0 Å². The molecule has 0 saturated heterocycles. The van der Waals surface area contributed by atoms with Crippen LogP contribution in [0.4, 0.5) is 11.4 Å². The van der Waals surface area contributed by atoms with Crippen LogP contribution in [0.3, 0.4) is 0 Å². The van der Waals surface area contributed by atoms with Crippen LogP contribution in [0.5, 0.6) is 0 Å². The van der Waals surface area contributed by atoms with Gasteiger partial charge in [-0.25, -0.2) is 8.42 Å². The molecule has 2 aromatic carbocycles. The second kappa shape index (κ2) is 10.2. The number of anilines is 2. The van der Waals surface area contributed by atoms with Crippen LogP contribution in [0.1, 0.15) is 0 Å². The fourth-order valence-corrected chi connectivity index (χ4v) is 5.41. The van der Waals surface area contributed by atoms with Crippen LogP contribution in [-0.4, -0.2) is 21.4 Å². The normalized spacial score (nSPS) is 11.2. The monoisotopic (exact) mass is 626 g/mol. The van der Waals surface area contributed by atoms with Crippen LogP contribution in [0.2, 0.25) is 0 Å². The number of halogens is 2. The SMILES string of the molecule is Nc1c(I)cc(S(=O)(=O)Nc2ccc(S(=O)(=O)O)cc2)cc1I.[Na+].[Na+]. The number of rotatable bonds is 4. The van der Waals surface area contributed by atoms with Gasteiger partial charge in [0.05, 0.1) is 15.5 Å². The molecule has 4 N–H and O–H groups in total. The van der Waals surface area contributed by atoms with E-state index in [1.807, 2.05) is 45.2 Å². The average molecular weight is 626 g/mol. The molecule has 0 atom stereocenters. The Morgan fingerprint density at radius 3 is 1.72 bits per heavy atom. The van der Waals surface area contributed by atoms with Crippen molar-refractivity contribution in [3.63, 3.8) is 0 Å². The van der Waals surface area contributed by atoms with Crippen LogP contribution >= 0.6 is 45.2 Å². The quantitative estimate of drug-likeness (QED) is 0.140. The van der Waals surface area contributed by atoms with E-state index in [1.165, 1.54) is 24.3 Å². The molecule has 0 aliphatic carbocycles. The Balaban J connectivity index is 0.00000288. The van der Waals surface area contributed by atoms with Crippen molar-refractivity contribution in [2.24, 2.45) is 0 Å². The summed E-state index contributed by atoms with van der Waals surface area (Å²) in [5.74, 6) is 0. The Labute approximate surface area is 217 Å². The maximum absolute atomic E-state index is 12.4. The first-order valence-corrected chi connectivity index (χ1v) is 10.9. The summed E-state index contributed by atoms with van der Waals surface area (Å²) in [4.78, 5) is -0.281. The number of hydrogen-bond donors (Lipinski definition) is 3. The van der Waals surface area contributed by atoms with Crippen molar-refractivity contribution < 1.29 is 80.5 Å². The van der Waals surface area contributed by atoms with Crippen molar-refractivity contribution in [3.05, 3.63) is 43.5 Å². The summed E-state index contributed by atoms with van der Waals surface area (Å²) >= 11 is 3.89. The van der Waals surface area contributed by atoms with Gasteiger partial charge in [0.1, 0.15) is 0 Å². The predicted octanol–water partition coefficient (Wildman–Crippen LogP) is -3.47. The van der Waals surface area contributed by atoms with E-state index in [0.717, 1.165) is 12.1 Å². The molecule has 13 heteroatoms. The van der Waals surface area contributed by atoms with Crippen molar-refractivity contribution in [2.75, 3.05) is 10.5 Å². The first-order valence-electron chi connectivity index (χ1n) is 5.85. The van der Waals surface area contributed by atoms with E-state index in [1.54, 1.807) is 0 Å². The van der Waals surface area contributed by atoms with Gasteiger partial charge in [0.25, 0.3) is 20.1 Å². The van der Waals surface area contributed by atoms with E-state index in [0.29, 0.717) is 12.8 Å². The Bertz CT molecular complexity index is 944. The molecule has 25 heavy (non-hydrogen) atoms. The Morgan fingerprint density at radius 1 is 0.880 bits per heavy atom. The molecule has 0 fully saturated rings. The minimum absolute atomic E-state index is 0. The number of sulfonamides is 1. The van der Waals surface area contributed by atoms with Gasteiger partial charge in [-0.1, -0.05) is 0 Å². The molecule has 2 aromatic rings. The van der Waals surface area contributed by atoms with Gasteiger partial charge in [-0.05, 0) is 81.6 Å². The summed E-state index contributed by atoms with van der Waals surface area (Å²) in [5.41, 5.74) is 6.46. The number of hydrogen-bond acceptors (Lipinski definition) is 5. The molecule has 124 valence electrons. The number of benzene rings is 2. The molecule has 0 unspecified atom stereocenters. The van der Waals surface area contributed by atoms with Gasteiger partial charge >= 0.3 is 59.1 Å². The molecular weight excluding hydrogens is 616 g/mol. The predicted molar refractivity (Wildman–Crippen MR) is 103 cm³/mol. The van der Waals surface area contributed by atoms with Gasteiger partial charge in [-0.15, -0.1) is 0 Å². The second-order valence-electron chi connectivity index (χ2n) is 4.41. The van der Waals surface area contributed by atoms with E-state index in [-0.39, 0.29) is 74.6 Å². The van der Waals surface area contributed by atoms with E-state index >= 15 is 0 Å². The summed E-state index contributed by atoms with van der Waals surface area (Å²) in [7, 11) is -8.18. The zero-order valence-corrected chi connectivity index (χ0v) is 23.1. The van der Waals surface area contributed by atoms with Crippen molar-refractivity contribution in [1.82, 2.24) is 0 Å². The molecular formula is C12H10I2N2Na2O5S2+2. The van der Waals surface area contributed by atoms with Crippen molar-refractivity contribution in [2.45, 2.75) is 9.79 Å². The van der Waals surface area contributed by atoms with Crippen LogP contribution in [-0.2, 0) is 20.1 Å². The van der Waals surface area contributed by atoms with Crippen molar-refractivity contribution in [3.8, 4) is 0 Å². The molecule has 0 amide bonds. The maximum Gasteiger partial charge on any atom is 1.00 e. The minimum atomic E-state index is -4.32. The topological polar surface area (TPSA) is 127 Å². The minimum Gasteiger partial charge on any atom is -0.397 e. The molecule has 0 aliphatic rings. The largest absolute Gasteiger partial charge is 1.00 e. The maximum atomic E-state index is 12.4. The standard InChI is InChI=1S/C12H10I2N2O5S2.2Na/c13-10-5-9(6-11(14)12(10)15)22(17,18)16-7-1-3-8(4-2-7)23(19,20)21;;/h1-6,16H,15H2,(H,19,20,21);;/q;2*+1. The summed E-state index contributed by atoms with van der Waals surface area (Å²) in [5, 5.41) is 0. The van der Waals surface area contributed by atoms with Crippen LogP contribution < -0.4 is 69.6 Å². The molecule has 0 saturated carbocycles. The molecule has 0 aromatic heterocycles. The first kappa shape index (κ1) is 26.4.